The number of halogens is 3. The summed E-state index contributed by atoms with van der Waals surface area (Å²) >= 11 is 0. The number of Topliss-reactive ketones (excluding diaryl/α,β-unsaturated/α-hetero) is 1. The van der Waals surface area contributed by atoms with E-state index in [0.29, 0.717) is 6.61 Å². The van der Waals surface area contributed by atoms with Crippen LogP contribution in [0.4, 0.5) is 18.9 Å². The fourth-order valence-electron chi connectivity index (χ4n) is 1.14. The molecule has 3 nitrogen and oxygen atoms in total. The highest BCUT2D eigenvalue weighted by molar-refractivity contribution is 6.01. The minimum absolute atomic E-state index is 0.0111. The molecule has 0 aliphatic carbocycles. The highest BCUT2D eigenvalue weighted by Gasteiger charge is 2.39. The number of rotatable bonds is 3. The number of carbonyl (C=O) groups is 1. The molecular formula is C10H10F3NO2. The molecule has 0 saturated carbocycles. The van der Waals surface area contributed by atoms with Crippen LogP contribution in [0.1, 0.15) is 17.3 Å². The largest absolute Gasteiger partial charge is 0.492 e. The van der Waals surface area contributed by atoms with Gasteiger partial charge in [-0.15, -0.1) is 0 Å². The Labute approximate surface area is 90.0 Å². The van der Waals surface area contributed by atoms with E-state index in [9.17, 15) is 18.0 Å². The third kappa shape index (κ3) is 2.65. The van der Waals surface area contributed by atoms with Crippen molar-refractivity contribution >= 4 is 11.5 Å². The van der Waals surface area contributed by atoms with Gasteiger partial charge in [0.2, 0.25) is 0 Å². The van der Waals surface area contributed by atoms with E-state index in [1.54, 1.807) is 6.92 Å². The summed E-state index contributed by atoms with van der Waals surface area (Å²) in [6, 6.07) is 3.25. The van der Waals surface area contributed by atoms with Gasteiger partial charge in [-0.3, -0.25) is 4.79 Å². The molecule has 0 aliphatic heterocycles. The van der Waals surface area contributed by atoms with E-state index in [-0.39, 0.29) is 11.4 Å². The Morgan fingerprint density at radius 2 is 2.06 bits per heavy atom. The number of nitrogens with two attached hydrogens (primary N) is 1. The predicted molar refractivity (Wildman–Crippen MR) is 52.4 cm³/mol. The molecule has 0 aliphatic rings. The first kappa shape index (κ1) is 12.4. The quantitative estimate of drug-likeness (QED) is 0.644. The van der Waals surface area contributed by atoms with Crippen LogP contribution >= 0.6 is 0 Å². The molecule has 1 aromatic rings. The molecule has 88 valence electrons. The van der Waals surface area contributed by atoms with E-state index in [2.05, 4.69) is 0 Å². The van der Waals surface area contributed by atoms with Crippen molar-refractivity contribution in [1.29, 1.82) is 0 Å². The second-order valence-electron chi connectivity index (χ2n) is 3.01. The fourth-order valence-corrected chi connectivity index (χ4v) is 1.14. The molecular weight excluding hydrogens is 223 g/mol. The zero-order valence-electron chi connectivity index (χ0n) is 8.47. The third-order valence-corrected chi connectivity index (χ3v) is 1.83. The zero-order valence-corrected chi connectivity index (χ0v) is 8.47. The van der Waals surface area contributed by atoms with Gasteiger partial charge >= 0.3 is 6.18 Å². The molecule has 0 unspecified atom stereocenters. The molecule has 0 saturated heterocycles. The standard InChI is InChI=1S/C10H10F3NO2/c1-2-16-8-4-3-6(5-7(8)14)9(15)10(11,12)13/h3-5H,2,14H2,1H3. The van der Waals surface area contributed by atoms with E-state index >= 15 is 0 Å². The summed E-state index contributed by atoms with van der Waals surface area (Å²) in [5, 5.41) is 0. The van der Waals surface area contributed by atoms with E-state index in [0.717, 1.165) is 12.1 Å². The van der Waals surface area contributed by atoms with Crippen molar-refractivity contribution < 1.29 is 22.7 Å². The lowest BCUT2D eigenvalue weighted by atomic mass is 10.1. The van der Waals surface area contributed by atoms with Crippen LogP contribution in [0.5, 0.6) is 5.75 Å². The molecule has 0 aromatic heterocycles. The van der Waals surface area contributed by atoms with Crippen molar-refractivity contribution in [3.63, 3.8) is 0 Å². The van der Waals surface area contributed by atoms with Crippen LogP contribution in [0.2, 0.25) is 0 Å². The smallest absolute Gasteiger partial charge is 0.454 e. The molecule has 0 heterocycles. The maximum Gasteiger partial charge on any atom is 0.454 e. The summed E-state index contributed by atoms with van der Waals surface area (Å²) in [4.78, 5) is 10.9. The average molecular weight is 233 g/mol. The van der Waals surface area contributed by atoms with Gasteiger partial charge in [-0.25, -0.2) is 0 Å². The average Bonchev–Trinajstić information content (AvgIpc) is 2.19. The van der Waals surface area contributed by atoms with Crippen LogP contribution in [-0.4, -0.2) is 18.6 Å². The van der Waals surface area contributed by atoms with Crippen molar-refractivity contribution in [3.05, 3.63) is 23.8 Å². The summed E-state index contributed by atoms with van der Waals surface area (Å²) < 4.78 is 41.3. The SMILES string of the molecule is CCOc1ccc(C(=O)C(F)(F)F)cc1N. The lowest BCUT2D eigenvalue weighted by molar-refractivity contribution is -0.0885. The summed E-state index contributed by atoms with van der Waals surface area (Å²) in [5.41, 5.74) is 4.96. The maximum absolute atomic E-state index is 12.1. The highest BCUT2D eigenvalue weighted by Crippen LogP contribution is 2.27. The monoisotopic (exact) mass is 233 g/mol. The number of hydrogen-bond acceptors (Lipinski definition) is 3. The van der Waals surface area contributed by atoms with Crippen LogP contribution < -0.4 is 10.5 Å². The fraction of sp³-hybridized carbons (Fsp3) is 0.300. The Balaban J connectivity index is 3.02. The highest BCUT2D eigenvalue weighted by atomic mass is 19.4. The zero-order chi connectivity index (χ0) is 12.3. The lowest BCUT2D eigenvalue weighted by Crippen LogP contribution is -2.22. The Bertz CT molecular complexity index is 402. The van der Waals surface area contributed by atoms with Crippen molar-refractivity contribution in [2.24, 2.45) is 0 Å². The van der Waals surface area contributed by atoms with E-state index in [4.69, 9.17) is 10.5 Å². The number of anilines is 1. The summed E-state index contributed by atoms with van der Waals surface area (Å²) in [7, 11) is 0. The number of nitrogen functional groups attached to an aromatic ring is 1. The summed E-state index contributed by atoms with van der Waals surface area (Å²) in [6.07, 6.45) is -4.89. The van der Waals surface area contributed by atoms with Crippen molar-refractivity contribution in [3.8, 4) is 5.75 Å². The number of alkyl halides is 3. The molecule has 16 heavy (non-hydrogen) atoms. The van der Waals surface area contributed by atoms with Crippen LogP contribution in [0.25, 0.3) is 0 Å². The second kappa shape index (κ2) is 4.42. The van der Waals surface area contributed by atoms with Gasteiger partial charge in [0, 0.05) is 5.56 Å². The van der Waals surface area contributed by atoms with E-state index in [1.807, 2.05) is 0 Å². The van der Waals surface area contributed by atoms with E-state index in [1.165, 1.54) is 6.07 Å². The van der Waals surface area contributed by atoms with Crippen molar-refractivity contribution in [1.82, 2.24) is 0 Å². The van der Waals surface area contributed by atoms with Crippen molar-refractivity contribution in [2.75, 3.05) is 12.3 Å². The molecule has 0 spiro atoms. The number of ketones is 1. The van der Waals surface area contributed by atoms with Gasteiger partial charge in [0.25, 0.3) is 5.78 Å². The van der Waals surface area contributed by atoms with Crippen LogP contribution in [0.15, 0.2) is 18.2 Å². The van der Waals surface area contributed by atoms with Gasteiger partial charge in [0.05, 0.1) is 12.3 Å². The molecule has 1 aromatic carbocycles. The van der Waals surface area contributed by atoms with Gasteiger partial charge in [0.1, 0.15) is 5.75 Å². The minimum atomic E-state index is -4.89. The first-order chi connectivity index (χ1) is 7.36. The Kier molecular flexibility index (Phi) is 3.41. The number of carbonyl (C=O) groups excluding carboxylic acids is 1. The molecule has 6 heteroatoms. The molecule has 0 amide bonds. The van der Waals surface area contributed by atoms with Crippen LogP contribution in [-0.2, 0) is 0 Å². The lowest BCUT2D eigenvalue weighted by Gasteiger charge is -2.09. The van der Waals surface area contributed by atoms with Gasteiger partial charge in [-0.05, 0) is 25.1 Å². The second-order valence-corrected chi connectivity index (χ2v) is 3.01. The number of ether oxygens (including phenoxy) is 1. The van der Waals surface area contributed by atoms with Gasteiger partial charge in [-0.1, -0.05) is 0 Å². The third-order valence-electron chi connectivity index (χ3n) is 1.83. The topological polar surface area (TPSA) is 52.3 Å². The first-order valence-electron chi connectivity index (χ1n) is 4.50. The number of benzene rings is 1. The van der Waals surface area contributed by atoms with E-state index < -0.39 is 17.5 Å². The molecule has 2 N–H and O–H groups in total. The van der Waals surface area contributed by atoms with Gasteiger partial charge < -0.3 is 10.5 Å². The van der Waals surface area contributed by atoms with Gasteiger partial charge in [-0.2, -0.15) is 13.2 Å². The molecule has 0 bridgehead atoms. The van der Waals surface area contributed by atoms with Crippen LogP contribution in [0, 0.1) is 0 Å². The van der Waals surface area contributed by atoms with Crippen molar-refractivity contribution in [2.45, 2.75) is 13.1 Å². The normalized spacial score (nSPS) is 11.2. The molecule has 0 radical (unpaired) electrons. The predicted octanol–water partition coefficient (Wildman–Crippen LogP) is 2.41. The summed E-state index contributed by atoms with van der Waals surface area (Å²) in [5.74, 6) is -1.65. The first-order valence-corrected chi connectivity index (χ1v) is 4.50. The number of hydrogen-bond donors (Lipinski definition) is 1. The van der Waals surface area contributed by atoms with Crippen LogP contribution in [0.3, 0.4) is 0 Å². The molecule has 0 fully saturated rings. The Morgan fingerprint density at radius 3 is 2.50 bits per heavy atom. The minimum Gasteiger partial charge on any atom is -0.492 e. The Hall–Kier alpha value is -1.72. The van der Waals surface area contributed by atoms with Gasteiger partial charge in [0.15, 0.2) is 0 Å². The molecule has 0 atom stereocenters. The Morgan fingerprint density at radius 1 is 1.44 bits per heavy atom. The maximum atomic E-state index is 12.1. The summed E-state index contributed by atoms with van der Waals surface area (Å²) in [6.45, 7) is 2.06. The molecule has 1 rings (SSSR count).